The van der Waals surface area contributed by atoms with Gasteiger partial charge in [0.1, 0.15) is 5.78 Å². The van der Waals surface area contributed by atoms with Crippen molar-refractivity contribution in [3.63, 3.8) is 0 Å². The third-order valence-corrected chi connectivity index (χ3v) is 5.91. The van der Waals surface area contributed by atoms with Crippen LogP contribution < -0.4 is 0 Å². The Morgan fingerprint density at radius 3 is 2.64 bits per heavy atom. The van der Waals surface area contributed by atoms with Gasteiger partial charge < -0.3 is 5.11 Å². The highest BCUT2D eigenvalue weighted by Crippen LogP contribution is 2.44. The zero-order chi connectivity index (χ0) is 16.4. The van der Waals surface area contributed by atoms with Crippen LogP contribution in [0.5, 0.6) is 0 Å². The van der Waals surface area contributed by atoms with Gasteiger partial charge in [-0.25, -0.2) is 0 Å². The summed E-state index contributed by atoms with van der Waals surface area (Å²) in [5.74, 6) is 1.41. The third-order valence-electron chi connectivity index (χ3n) is 5.91. The second kappa shape index (κ2) is 7.12. The highest BCUT2D eigenvalue weighted by atomic mass is 16.3. The lowest BCUT2D eigenvalue weighted by Crippen LogP contribution is -2.33. The molecule has 0 amide bonds. The van der Waals surface area contributed by atoms with E-state index >= 15 is 0 Å². The van der Waals surface area contributed by atoms with Gasteiger partial charge in [-0.15, -0.1) is 0 Å². The molecule has 0 radical (unpaired) electrons. The Morgan fingerprint density at radius 2 is 2.00 bits per heavy atom. The first kappa shape index (κ1) is 17.5. The predicted molar refractivity (Wildman–Crippen MR) is 91.5 cm³/mol. The van der Waals surface area contributed by atoms with Gasteiger partial charge in [-0.3, -0.25) is 4.79 Å². The van der Waals surface area contributed by atoms with Crippen molar-refractivity contribution in [1.29, 1.82) is 0 Å². The van der Waals surface area contributed by atoms with Crippen LogP contribution in [0.1, 0.15) is 66.7 Å². The molecule has 2 aliphatic carbocycles. The number of allylic oxidation sites excluding steroid dienone is 2. The molecule has 2 heteroatoms. The first-order valence-electron chi connectivity index (χ1n) is 8.88. The van der Waals surface area contributed by atoms with Gasteiger partial charge in [0.05, 0.1) is 6.10 Å². The van der Waals surface area contributed by atoms with Crippen molar-refractivity contribution in [2.45, 2.75) is 72.8 Å². The first-order chi connectivity index (χ1) is 10.3. The Kier molecular flexibility index (Phi) is 5.65. The minimum absolute atomic E-state index is 0.127. The van der Waals surface area contributed by atoms with Crippen molar-refractivity contribution in [2.75, 3.05) is 0 Å². The standard InChI is InChI=1S/C20H32O2/c1-12(2)18(21)11-8-14(4)17-10-6-13(3)16-9-7-15(5)19(16)20(17)22/h7,12,14,17,19-20,22H,6,8-11H2,1-5H3/t14-,17?,19-,20-/m1/s1. The van der Waals surface area contributed by atoms with Crippen LogP contribution >= 0.6 is 0 Å². The van der Waals surface area contributed by atoms with Crippen molar-refractivity contribution in [1.82, 2.24) is 0 Å². The predicted octanol–water partition coefficient (Wildman–Crippen LogP) is 4.68. The molecule has 0 fully saturated rings. The molecule has 0 spiro atoms. The second-order valence-corrected chi connectivity index (χ2v) is 7.77. The van der Waals surface area contributed by atoms with Gasteiger partial charge in [-0.05, 0) is 51.4 Å². The van der Waals surface area contributed by atoms with Gasteiger partial charge in [-0.1, -0.05) is 43.6 Å². The molecule has 2 nitrogen and oxygen atoms in total. The topological polar surface area (TPSA) is 37.3 Å². The minimum atomic E-state index is -0.282. The van der Waals surface area contributed by atoms with Crippen molar-refractivity contribution in [3.05, 3.63) is 22.8 Å². The van der Waals surface area contributed by atoms with Crippen molar-refractivity contribution in [3.8, 4) is 0 Å². The second-order valence-electron chi connectivity index (χ2n) is 7.77. The van der Waals surface area contributed by atoms with E-state index in [-0.39, 0.29) is 17.9 Å². The van der Waals surface area contributed by atoms with E-state index in [0.29, 0.717) is 24.0 Å². The quantitative estimate of drug-likeness (QED) is 0.749. The molecule has 0 aromatic carbocycles. The van der Waals surface area contributed by atoms with Gasteiger partial charge in [-0.2, -0.15) is 0 Å². The Labute approximate surface area is 135 Å². The molecule has 4 atom stereocenters. The monoisotopic (exact) mass is 304 g/mol. The number of carbonyl (C=O) groups excluding carboxylic acids is 1. The smallest absolute Gasteiger partial charge is 0.135 e. The number of rotatable bonds is 5. The Hall–Kier alpha value is -0.890. The summed E-state index contributed by atoms with van der Waals surface area (Å²) < 4.78 is 0. The normalized spacial score (nSPS) is 30.1. The summed E-state index contributed by atoms with van der Waals surface area (Å²) in [6.07, 6.45) is 6.72. The molecular weight excluding hydrogens is 272 g/mol. The maximum atomic E-state index is 11.9. The lowest BCUT2D eigenvalue weighted by molar-refractivity contribution is -0.122. The van der Waals surface area contributed by atoms with E-state index in [2.05, 4.69) is 26.8 Å². The summed E-state index contributed by atoms with van der Waals surface area (Å²) in [4.78, 5) is 11.9. The highest BCUT2D eigenvalue weighted by molar-refractivity contribution is 5.80. The van der Waals surface area contributed by atoms with E-state index in [4.69, 9.17) is 0 Å². The summed E-state index contributed by atoms with van der Waals surface area (Å²) in [5, 5.41) is 11.0. The van der Waals surface area contributed by atoms with Crippen LogP contribution in [0.25, 0.3) is 0 Å². The minimum Gasteiger partial charge on any atom is -0.392 e. The van der Waals surface area contributed by atoms with Crippen LogP contribution in [0.3, 0.4) is 0 Å². The molecule has 0 aromatic heterocycles. The summed E-state index contributed by atoms with van der Waals surface area (Å²) >= 11 is 0. The number of carbonyl (C=O) groups is 1. The Bertz CT molecular complexity index is 484. The summed E-state index contributed by atoms with van der Waals surface area (Å²) in [7, 11) is 0. The maximum Gasteiger partial charge on any atom is 0.135 e. The molecule has 0 saturated heterocycles. The number of hydrogen-bond donors (Lipinski definition) is 1. The van der Waals surface area contributed by atoms with E-state index in [1.54, 1.807) is 0 Å². The Morgan fingerprint density at radius 1 is 1.32 bits per heavy atom. The molecule has 22 heavy (non-hydrogen) atoms. The molecule has 0 heterocycles. The fraction of sp³-hybridized carbons (Fsp3) is 0.750. The number of aliphatic hydroxyl groups is 1. The van der Waals surface area contributed by atoms with E-state index in [9.17, 15) is 9.90 Å². The molecule has 0 bridgehead atoms. The zero-order valence-corrected chi connectivity index (χ0v) is 14.9. The van der Waals surface area contributed by atoms with Crippen LogP contribution in [-0.2, 0) is 4.79 Å². The molecule has 0 saturated carbocycles. The van der Waals surface area contributed by atoms with Crippen LogP contribution in [-0.4, -0.2) is 17.0 Å². The third kappa shape index (κ3) is 3.53. The van der Waals surface area contributed by atoms with Gasteiger partial charge >= 0.3 is 0 Å². The molecule has 0 aliphatic heterocycles. The molecule has 1 N–H and O–H groups in total. The summed E-state index contributed by atoms with van der Waals surface area (Å²) in [6.45, 7) is 10.6. The molecule has 0 aromatic rings. The molecule has 1 unspecified atom stereocenters. The fourth-order valence-electron chi connectivity index (χ4n) is 4.17. The number of fused-ring (bicyclic) bond motifs is 1. The summed E-state index contributed by atoms with van der Waals surface area (Å²) in [6, 6.07) is 0. The van der Waals surface area contributed by atoms with Crippen LogP contribution in [0.4, 0.5) is 0 Å². The first-order valence-corrected chi connectivity index (χ1v) is 8.88. The van der Waals surface area contributed by atoms with Crippen molar-refractivity contribution < 1.29 is 9.90 Å². The average Bonchev–Trinajstić information content (AvgIpc) is 2.80. The van der Waals surface area contributed by atoms with Crippen LogP contribution in [0, 0.1) is 23.7 Å². The lowest BCUT2D eigenvalue weighted by Gasteiger charge is -2.32. The molecule has 2 rings (SSSR count). The van der Waals surface area contributed by atoms with E-state index in [0.717, 1.165) is 25.7 Å². The largest absolute Gasteiger partial charge is 0.392 e. The van der Waals surface area contributed by atoms with Crippen molar-refractivity contribution >= 4 is 5.78 Å². The van der Waals surface area contributed by atoms with Gasteiger partial charge in [0.25, 0.3) is 0 Å². The van der Waals surface area contributed by atoms with Gasteiger partial charge in [0, 0.05) is 18.3 Å². The number of aliphatic hydroxyl groups excluding tert-OH is 1. The van der Waals surface area contributed by atoms with E-state index < -0.39 is 0 Å². The van der Waals surface area contributed by atoms with Crippen molar-refractivity contribution in [2.24, 2.45) is 23.7 Å². The SMILES string of the molecule is CC1=CCC2=C(C)CCC([C@H](C)CCC(=O)C(C)C)[C@@H](O)[C@H]12. The molecular formula is C20H32O2. The molecule has 2 aliphatic rings. The lowest BCUT2D eigenvalue weighted by atomic mass is 9.77. The number of ketones is 1. The van der Waals surface area contributed by atoms with Crippen LogP contribution in [0.2, 0.25) is 0 Å². The maximum absolute atomic E-state index is 11.9. The van der Waals surface area contributed by atoms with Gasteiger partial charge in [0.15, 0.2) is 0 Å². The van der Waals surface area contributed by atoms with Crippen LogP contribution in [0.15, 0.2) is 22.8 Å². The Balaban J connectivity index is 2.06. The van der Waals surface area contributed by atoms with E-state index in [1.165, 1.54) is 16.7 Å². The van der Waals surface area contributed by atoms with Gasteiger partial charge in [0.2, 0.25) is 0 Å². The highest BCUT2D eigenvalue weighted by Gasteiger charge is 2.38. The molecule has 124 valence electrons. The summed E-state index contributed by atoms with van der Waals surface area (Å²) in [5.41, 5.74) is 4.27. The zero-order valence-electron chi connectivity index (χ0n) is 14.9. The fourth-order valence-corrected chi connectivity index (χ4v) is 4.17. The van der Waals surface area contributed by atoms with E-state index in [1.807, 2.05) is 13.8 Å². The average molecular weight is 304 g/mol. The number of Topliss-reactive ketones (excluding diaryl/α,β-unsaturated/α-hetero) is 1. The number of hydrogen-bond acceptors (Lipinski definition) is 2.